The first-order chi connectivity index (χ1) is 8.69. The third-order valence-corrected chi connectivity index (χ3v) is 3.69. The Hall–Kier alpha value is -1.75. The van der Waals surface area contributed by atoms with Gasteiger partial charge in [0.1, 0.15) is 5.60 Å². The van der Waals surface area contributed by atoms with Gasteiger partial charge in [-0.25, -0.2) is 4.79 Å². The molecule has 0 radical (unpaired) electrons. The lowest BCUT2D eigenvalue weighted by molar-refractivity contribution is 0.0316. The quantitative estimate of drug-likeness (QED) is 0.735. The van der Waals surface area contributed by atoms with E-state index in [4.69, 9.17) is 10.5 Å². The van der Waals surface area contributed by atoms with E-state index in [1.165, 1.54) is 0 Å². The first-order valence-corrected chi connectivity index (χ1v) is 6.25. The van der Waals surface area contributed by atoms with Crippen molar-refractivity contribution in [3.63, 3.8) is 0 Å². The molecule has 3 N–H and O–H groups in total. The van der Waals surface area contributed by atoms with Crippen molar-refractivity contribution in [1.29, 1.82) is 0 Å². The van der Waals surface area contributed by atoms with Gasteiger partial charge < -0.3 is 15.8 Å². The van der Waals surface area contributed by atoms with Gasteiger partial charge in [-0.05, 0) is 37.4 Å². The van der Waals surface area contributed by atoms with E-state index in [1.807, 2.05) is 12.1 Å². The van der Waals surface area contributed by atoms with Crippen LogP contribution in [0.1, 0.15) is 12.8 Å². The summed E-state index contributed by atoms with van der Waals surface area (Å²) in [6.07, 6.45) is 1.51. The van der Waals surface area contributed by atoms with Crippen LogP contribution in [0, 0.1) is 0 Å². The van der Waals surface area contributed by atoms with Crippen LogP contribution in [0.25, 0.3) is 0 Å². The molecular weight excluding hydrogens is 230 g/mol. The summed E-state index contributed by atoms with van der Waals surface area (Å²) in [5, 5.41) is 3.29. The fourth-order valence-electron chi connectivity index (χ4n) is 2.62. The number of carbonyl (C=O) groups excluding carboxylic acids is 1. The molecule has 96 valence electrons. The molecule has 1 aromatic rings. The van der Waals surface area contributed by atoms with Crippen molar-refractivity contribution in [1.82, 2.24) is 5.32 Å². The summed E-state index contributed by atoms with van der Waals surface area (Å²) in [4.78, 5) is 13.7. The maximum absolute atomic E-state index is 12.0. The highest BCUT2D eigenvalue weighted by Gasteiger charge is 2.46. The van der Waals surface area contributed by atoms with Crippen molar-refractivity contribution in [2.24, 2.45) is 0 Å². The van der Waals surface area contributed by atoms with Crippen molar-refractivity contribution < 1.29 is 9.53 Å². The monoisotopic (exact) mass is 247 g/mol. The van der Waals surface area contributed by atoms with Crippen LogP contribution in [-0.4, -0.2) is 31.3 Å². The maximum Gasteiger partial charge on any atom is 0.415 e. The minimum absolute atomic E-state index is 0.248. The van der Waals surface area contributed by atoms with Gasteiger partial charge >= 0.3 is 6.09 Å². The molecule has 5 nitrogen and oxygen atoms in total. The van der Waals surface area contributed by atoms with Crippen molar-refractivity contribution in [3.05, 3.63) is 24.3 Å². The number of nitrogens with one attached hydrogen (secondary N) is 1. The van der Waals surface area contributed by atoms with Crippen LogP contribution in [0.5, 0.6) is 0 Å². The Balaban J connectivity index is 1.82. The minimum Gasteiger partial charge on any atom is -0.441 e. The van der Waals surface area contributed by atoms with Crippen LogP contribution >= 0.6 is 0 Å². The van der Waals surface area contributed by atoms with Gasteiger partial charge in [0.25, 0.3) is 0 Å². The summed E-state index contributed by atoms with van der Waals surface area (Å²) < 4.78 is 5.60. The second-order valence-corrected chi connectivity index (χ2v) is 4.98. The number of anilines is 2. The van der Waals surface area contributed by atoms with E-state index < -0.39 is 0 Å². The van der Waals surface area contributed by atoms with Gasteiger partial charge in [0, 0.05) is 24.2 Å². The normalized spacial score (nSPS) is 22.2. The fraction of sp³-hybridized carbons (Fsp3) is 0.462. The number of nitrogens with zero attached hydrogens (tertiary/aromatic N) is 1. The fourth-order valence-corrected chi connectivity index (χ4v) is 2.62. The van der Waals surface area contributed by atoms with Gasteiger partial charge in [-0.3, -0.25) is 4.90 Å². The van der Waals surface area contributed by atoms with Gasteiger partial charge in [-0.2, -0.15) is 0 Å². The van der Waals surface area contributed by atoms with Crippen molar-refractivity contribution >= 4 is 17.5 Å². The average Bonchev–Trinajstić information content (AvgIpc) is 2.68. The zero-order valence-electron chi connectivity index (χ0n) is 10.2. The van der Waals surface area contributed by atoms with E-state index in [0.29, 0.717) is 12.2 Å². The van der Waals surface area contributed by atoms with Crippen LogP contribution in [0.15, 0.2) is 24.3 Å². The minimum atomic E-state index is -0.302. The molecule has 5 heteroatoms. The number of amides is 1. The molecule has 2 aliphatic rings. The maximum atomic E-state index is 12.0. The Morgan fingerprint density at radius 2 is 1.89 bits per heavy atom. The summed E-state index contributed by atoms with van der Waals surface area (Å²) in [5.41, 5.74) is 6.90. The first-order valence-electron chi connectivity index (χ1n) is 6.25. The van der Waals surface area contributed by atoms with Crippen LogP contribution in [0.2, 0.25) is 0 Å². The number of ether oxygens (including phenoxy) is 1. The molecule has 0 saturated carbocycles. The van der Waals surface area contributed by atoms with Crippen LogP contribution < -0.4 is 16.0 Å². The zero-order chi connectivity index (χ0) is 12.6. The molecule has 2 fully saturated rings. The number of hydrogen-bond donors (Lipinski definition) is 2. The summed E-state index contributed by atoms with van der Waals surface area (Å²) >= 11 is 0. The number of benzene rings is 1. The van der Waals surface area contributed by atoms with E-state index in [0.717, 1.165) is 31.6 Å². The van der Waals surface area contributed by atoms with Crippen molar-refractivity contribution in [2.45, 2.75) is 18.4 Å². The molecule has 1 spiro atoms. The molecule has 1 amide bonds. The SMILES string of the molecule is Nc1ccc(N2CC3(CCNCC3)OC2=O)cc1. The van der Waals surface area contributed by atoms with Gasteiger partial charge in [0.05, 0.1) is 6.54 Å². The summed E-state index contributed by atoms with van der Waals surface area (Å²) in [7, 11) is 0. The van der Waals surface area contributed by atoms with Gasteiger partial charge in [-0.1, -0.05) is 0 Å². The number of piperidine rings is 1. The predicted octanol–water partition coefficient (Wildman–Crippen LogP) is 1.35. The zero-order valence-corrected chi connectivity index (χ0v) is 10.2. The molecule has 2 heterocycles. The lowest BCUT2D eigenvalue weighted by Crippen LogP contribution is -2.44. The second-order valence-electron chi connectivity index (χ2n) is 4.98. The topological polar surface area (TPSA) is 67.6 Å². The predicted molar refractivity (Wildman–Crippen MR) is 69.5 cm³/mol. The lowest BCUT2D eigenvalue weighted by atomic mass is 9.92. The highest BCUT2D eigenvalue weighted by Crippen LogP contribution is 2.34. The molecule has 3 rings (SSSR count). The number of hydrogen-bond acceptors (Lipinski definition) is 4. The van der Waals surface area contributed by atoms with Crippen LogP contribution in [-0.2, 0) is 4.74 Å². The molecular formula is C13H17N3O2. The van der Waals surface area contributed by atoms with E-state index >= 15 is 0 Å². The Morgan fingerprint density at radius 3 is 2.56 bits per heavy atom. The molecule has 2 saturated heterocycles. The Kier molecular flexibility index (Phi) is 2.63. The van der Waals surface area contributed by atoms with Gasteiger partial charge in [-0.15, -0.1) is 0 Å². The lowest BCUT2D eigenvalue weighted by Gasteiger charge is -2.31. The van der Waals surface area contributed by atoms with E-state index in [2.05, 4.69) is 5.32 Å². The Morgan fingerprint density at radius 1 is 1.22 bits per heavy atom. The molecule has 18 heavy (non-hydrogen) atoms. The number of carbonyl (C=O) groups is 1. The molecule has 0 unspecified atom stereocenters. The van der Waals surface area contributed by atoms with E-state index in [9.17, 15) is 4.79 Å². The largest absolute Gasteiger partial charge is 0.441 e. The Labute approximate surface area is 106 Å². The van der Waals surface area contributed by atoms with E-state index in [-0.39, 0.29) is 11.7 Å². The van der Waals surface area contributed by atoms with Crippen molar-refractivity contribution in [2.75, 3.05) is 30.3 Å². The van der Waals surface area contributed by atoms with Gasteiger partial charge in [0.15, 0.2) is 0 Å². The summed E-state index contributed by atoms with van der Waals surface area (Å²) in [5.74, 6) is 0. The molecule has 0 aliphatic carbocycles. The molecule has 0 aromatic heterocycles. The average molecular weight is 247 g/mol. The number of nitrogens with two attached hydrogens (primary N) is 1. The van der Waals surface area contributed by atoms with Crippen LogP contribution in [0.3, 0.4) is 0 Å². The van der Waals surface area contributed by atoms with E-state index in [1.54, 1.807) is 17.0 Å². The molecule has 1 aromatic carbocycles. The first kappa shape index (κ1) is 11.3. The van der Waals surface area contributed by atoms with Crippen molar-refractivity contribution in [3.8, 4) is 0 Å². The number of rotatable bonds is 1. The molecule has 2 aliphatic heterocycles. The molecule has 0 bridgehead atoms. The highest BCUT2D eigenvalue weighted by atomic mass is 16.6. The van der Waals surface area contributed by atoms with Gasteiger partial charge in [0.2, 0.25) is 0 Å². The van der Waals surface area contributed by atoms with Crippen LogP contribution in [0.4, 0.5) is 16.2 Å². The third-order valence-electron chi connectivity index (χ3n) is 3.69. The standard InChI is InChI=1S/C13H17N3O2/c14-10-1-3-11(4-2-10)16-9-13(18-12(16)17)5-7-15-8-6-13/h1-4,15H,5-9,14H2. The smallest absolute Gasteiger partial charge is 0.415 e. The highest BCUT2D eigenvalue weighted by molar-refractivity contribution is 5.90. The second kappa shape index (κ2) is 4.17. The third kappa shape index (κ3) is 1.90. The summed E-state index contributed by atoms with van der Waals surface area (Å²) in [6.45, 7) is 2.45. The molecule has 0 atom stereocenters. The number of nitrogen functional groups attached to an aromatic ring is 1. The summed E-state index contributed by atoms with van der Waals surface area (Å²) in [6, 6.07) is 7.32. The Bertz CT molecular complexity index is 452.